The zero-order valence-corrected chi connectivity index (χ0v) is 13.9. The van der Waals surface area contributed by atoms with Gasteiger partial charge in [-0.05, 0) is 23.8 Å². The summed E-state index contributed by atoms with van der Waals surface area (Å²) in [5, 5.41) is 2.89. The predicted octanol–water partition coefficient (Wildman–Crippen LogP) is 2.49. The molecule has 2 aromatic carbocycles. The van der Waals surface area contributed by atoms with E-state index < -0.39 is 12.0 Å². The number of carbonyl (C=O) groups excluding carboxylic acids is 2. The van der Waals surface area contributed by atoms with E-state index in [9.17, 15) is 9.59 Å². The summed E-state index contributed by atoms with van der Waals surface area (Å²) in [4.78, 5) is 24.3. The van der Waals surface area contributed by atoms with Crippen LogP contribution in [-0.2, 0) is 9.53 Å². The van der Waals surface area contributed by atoms with E-state index in [2.05, 4.69) is 5.32 Å². The van der Waals surface area contributed by atoms with E-state index >= 15 is 0 Å². The fraction of sp³-hybridized carbons (Fsp3) is 0.263. The molecular formula is C19H19NO5. The number of hydrogen-bond donors (Lipinski definition) is 1. The van der Waals surface area contributed by atoms with Gasteiger partial charge in [-0.15, -0.1) is 0 Å². The molecule has 3 rings (SSSR count). The van der Waals surface area contributed by atoms with Crippen LogP contribution in [0.4, 0.5) is 0 Å². The lowest BCUT2D eigenvalue weighted by Crippen LogP contribution is -2.30. The maximum absolute atomic E-state index is 12.6. The predicted molar refractivity (Wildman–Crippen MR) is 90.7 cm³/mol. The van der Waals surface area contributed by atoms with Gasteiger partial charge in [0.1, 0.15) is 13.2 Å². The third kappa shape index (κ3) is 4.09. The van der Waals surface area contributed by atoms with Crippen molar-refractivity contribution >= 4 is 11.9 Å². The van der Waals surface area contributed by atoms with Gasteiger partial charge in [-0.1, -0.05) is 30.3 Å². The highest BCUT2D eigenvalue weighted by Gasteiger charge is 2.21. The third-order valence-corrected chi connectivity index (χ3v) is 3.91. The van der Waals surface area contributed by atoms with Crippen LogP contribution in [0.5, 0.6) is 11.5 Å². The molecule has 130 valence electrons. The minimum absolute atomic E-state index is 0.0524. The first-order valence-electron chi connectivity index (χ1n) is 7.99. The molecule has 1 aliphatic heterocycles. The first-order chi connectivity index (χ1) is 12.2. The van der Waals surface area contributed by atoms with Gasteiger partial charge in [-0.25, -0.2) is 0 Å². The molecule has 2 aromatic rings. The topological polar surface area (TPSA) is 73.9 Å². The number of amides is 1. The summed E-state index contributed by atoms with van der Waals surface area (Å²) in [5.74, 6) is 0.478. The van der Waals surface area contributed by atoms with Gasteiger partial charge in [0.25, 0.3) is 5.91 Å². The van der Waals surface area contributed by atoms with Gasteiger partial charge < -0.3 is 19.5 Å². The zero-order chi connectivity index (χ0) is 17.6. The molecule has 6 nitrogen and oxygen atoms in total. The molecule has 1 atom stereocenters. The van der Waals surface area contributed by atoms with Crippen LogP contribution in [0, 0.1) is 0 Å². The average Bonchev–Trinajstić information content (AvgIpc) is 2.67. The summed E-state index contributed by atoms with van der Waals surface area (Å²) in [5.41, 5.74) is 1.27. The highest BCUT2D eigenvalue weighted by atomic mass is 16.6. The van der Waals surface area contributed by atoms with E-state index in [4.69, 9.17) is 14.2 Å². The Labute approximate surface area is 145 Å². The van der Waals surface area contributed by atoms with Crippen molar-refractivity contribution in [1.29, 1.82) is 0 Å². The van der Waals surface area contributed by atoms with E-state index in [-0.39, 0.29) is 12.3 Å². The molecule has 0 bridgehead atoms. The number of benzene rings is 2. The van der Waals surface area contributed by atoms with Crippen LogP contribution in [0.3, 0.4) is 0 Å². The van der Waals surface area contributed by atoms with Crippen molar-refractivity contribution in [3.8, 4) is 11.5 Å². The summed E-state index contributed by atoms with van der Waals surface area (Å²) in [7, 11) is 1.33. The van der Waals surface area contributed by atoms with Crippen LogP contribution < -0.4 is 14.8 Å². The minimum Gasteiger partial charge on any atom is -0.486 e. The van der Waals surface area contributed by atoms with E-state index in [1.807, 2.05) is 30.3 Å². The molecule has 0 saturated carbocycles. The lowest BCUT2D eigenvalue weighted by atomic mass is 10.0. The van der Waals surface area contributed by atoms with Gasteiger partial charge >= 0.3 is 5.97 Å². The van der Waals surface area contributed by atoms with Gasteiger partial charge in [-0.2, -0.15) is 0 Å². The molecule has 25 heavy (non-hydrogen) atoms. The van der Waals surface area contributed by atoms with E-state index in [0.29, 0.717) is 30.3 Å². The summed E-state index contributed by atoms with van der Waals surface area (Å²) in [6.45, 7) is 0.945. The monoisotopic (exact) mass is 341 g/mol. The van der Waals surface area contributed by atoms with E-state index in [1.54, 1.807) is 18.2 Å². The number of hydrogen-bond acceptors (Lipinski definition) is 5. The average molecular weight is 341 g/mol. The van der Waals surface area contributed by atoms with Gasteiger partial charge in [0.05, 0.1) is 19.6 Å². The summed E-state index contributed by atoms with van der Waals surface area (Å²) >= 11 is 0. The Hall–Kier alpha value is -3.02. The number of fused-ring (bicyclic) bond motifs is 1. The zero-order valence-electron chi connectivity index (χ0n) is 13.9. The Bertz CT molecular complexity index is 760. The van der Waals surface area contributed by atoms with Crippen molar-refractivity contribution < 1.29 is 23.8 Å². The lowest BCUT2D eigenvalue weighted by Gasteiger charge is -2.20. The molecule has 0 fully saturated rings. The summed E-state index contributed by atoms with van der Waals surface area (Å²) in [6, 6.07) is 13.9. The molecule has 1 unspecified atom stereocenters. The lowest BCUT2D eigenvalue weighted by molar-refractivity contribution is -0.141. The largest absolute Gasteiger partial charge is 0.486 e. The number of nitrogens with one attached hydrogen (secondary N) is 1. The first-order valence-corrected chi connectivity index (χ1v) is 7.99. The highest BCUT2D eigenvalue weighted by molar-refractivity contribution is 5.95. The number of carbonyl (C=O) groups is 2. The highest BCUT2D eigenvalue weighted by Crippen LogP contribution is 2.31. The second-order valence-corrected chi connectivity index (χ2v) is 5.58. The van der Waals surface area contributed by atoms with Gasteiger partial charge in [0.15, 0.2) is 11.5 Å². The van der Waals surface area contributed by atoms with Gasteiger partial charge in [0.2, 0.25) is 0 Å². The van der Waals surface area contributed by atoms with Crippen LogP contribution in [0.2, 0.25) is 0 Å². The molecule has 6 heteroatoms. The van der Waals surface area contributed by atoms with Crippen LogP contribution >= 0.6 is 0 Å². The van der Waals surface area contributed by atoms with Crippen molar-refractivity contribution in [2.45, 2.75) is 12.5 Å². The molecule has 1 amide bonds. The van der Waals surface area contributed by atoms with Gasteiger partial charge in [0, 0.05) is 5.56 Å². The van der Waals surface area contributed by atoms with Crippen LogP contribution in [-0.4, -0.2) is 32.2 Å². The molecule has 0 spiro atoms. The Morgan fingerprint density at radius 2 is 1.80 bits per heavy atom. The maximum Gasteiger partial charge on any atom is 0.307 e. The fourth-order valence-electron chi connectivity index (χ4n) is 2.61. The van der Waals surface area contributed by atoms with Gasteiger partial charge in [-0.3, -0.25) is 9.59 Å². The van der Waals surface area contributed by atoms with E-state index in [0.717, 1.165) is 5.56 Å². The number of esters is 1. The van der Waals surface area contributed by atoms with Crippen LogP contribution in [0.15, 0.2) is 48.5 Å². The standard InChI is InChI=1S/C19H19NO5/c1-23-18(21)12-15(13-5-3-2-4-6-13)20-19(22)14-7-8-16-17(11-14)25-10-9-24-16/h2-8,11,15H,9-10,12H2,1H3,(H,20,22). The summed E-state index contributed by atoms with van der Waals surface area (Å²) < 4.78 is 15.7. The number of ether oxygens (including phenoxy) is 3. The quantitative estimate of drug-likeness (QED) is 0.846. The third-order valence-electron chi connectivity index (χ3n) is 3.91. The van der Waals surface area contributed by atoms with Crippen LogP contribution in [0.25, 0.3) is 0 Å². The molecular weight excluding hydrogens is 322 g/mol. The van der Waals surface area contributed by atoms with Crippen molar-refractivity contribution in [3.05, 3.63) is 59.7 Å². The second-order valence-electron chi connectivity index (χ2n) is 5.58. The van der Waals surface area contributed by atoms with Crippen molar-refractivity contribution in [1.82, 2.24) is 5.32 Å². The normalized spacial score (nSPS) is 13.6. The Morgan fingerprint density at radius 1 is 1.08 bits per heavy atom. The number of rotatable bonds is 5. The second kappa shape index (κ2) is 7.70. The number of methoxy groups -OCH3 is 1. The molecule has 0 aromatic heterocycles. The molecule has 0 radical (unpaired) electrons. The molecule has 0 saturated heterocycles. The van der Waals surface area contributed by atoms with Crippen molar-refractivity contribution in [3.63, 3.8) is 0 Å². The Morgan fingerprint density at radius 3 is 2.52 bits per heavy atom. The fourth-order valence-corrected chi connectivity index (χ4v) is 2.61. The molecule has 1 N–H and O–H groups in total. The molecule has 0 aliphatic carbocycles. The maximum atomic E-state index is 12.6. The van der Waals surface area contributed by atoms with E-state index in [1.165, 1.54) is 7.11 Å². The molecule has 1 aliphatic rings. The smallest absolute Gasteiger partial charge is 0.307 e. The van der Waals surface area contributed by atoms with Crippen molar-refractivity contribution in [2.75, 3.05) is 20.3 Å². The Kier molecular flexibility index (Phi) is 5.18. The summed E-state index contributed by atoms with van der Waals surface area (Å²) in [6.07, 6.45) is 0.0524. The SMILES string of the molecule is COC(=O)CC(NC(=O)c1ccc2c(c1)OCCO2)c1ccccc1. The first kappa shape index (κ1) is 16.8. The van der Waals surface area contributed by atoms with Crippen molar-refractivity contribution in [2.24, 2.45) is 0 Å². The molecule has 1 heterocycles. The van der Waals surface area contributed by atoms with Crippen LogP contribution in [0.1, 0.15) is 28.4 Å². The Balaban J connectivity index is 1.79. The minimum atomic E-state index is -0.477.